The van der Waals surface area contributed by atoms with Crippen molar-refractivity contribution in [1.29, 1.82) is 0 Å². The van der Waals surface area contributed by atoms with Gasteiger partial charge in [-0.3, -0.25) is 4.57 Å². The molecule has 0 atom stereocenters. The molecule has 138 valence electrons. The average Bonchev–Trinajstić information content (AvgIpc) is 3.31. The molecule has 0 spiro atoms. The summed E-state index contributed by atoms with van der Waals surface area (Å²) in [7, 11) is 0. The summed E-state index contributed by atoms with van der Waals surface area (Å²) in [5.74, 6) is 0. The van der Waals surface area contributed by atoms with Gasteiger partial charge in [-0.25, -0.2) is 9.78 Å². The van der Waals surface area contributed by atoms with Crippen LogP contribution < -0.4 is 0 Å². The molecule has 4 rings (SSSR count). The molecule has 27 heavy (non-hydrogen) atoms. The molecule has 4 aromatic rings. The van der Waals surface area contributed by atoms with Crippen molar-refractivity contribution in [3.05, 3.63) is 51.1 Å². The Kier molecular flexibility index (Phi) is 4.70. The summed E-state index contributed by atoms with van der Waals surface area (Å²) in [6.45, 7) is 5.59. The second-order valence-corrected chi connectivity index (χ2v) is 9.66. The van der Waals surface area contributed by atoms with Crippen LogP contribution in [0.3, 0.4) is 0 Å². The Morgan fingerprint density at radius 1 is 1.22 bits per heavy atom. The van der Waals surface area contributed by atoms with Crippen LogP contribution in [0, 0.1) is 0 Å². The van der Waals surface area contributed by atoms with E-state index in [1.807, 2.05) is 55.9 Å². The monoisotopic (exact) mass is 460 g/mol. The molecular weight excluding hydrogens is 444 g/mol. The Morgan fingerprint density at radius 3 is 2.74 bits per heavy atom. The lowest BCUT2D eigenvalue weighted by molar-refractivity contribution is 0.0544. The normalized spacial score (nSPS) is 11.9. The van der Waals surface area contributed by atoms with Gasteiger partial charge in [0.1, 0.15) is 10.6 Å². The molecule has 3 heterocycles. The zero-order chi connectivity index (χ0) is 19.2. The van der Waals surface area contributed by atoms with Crippen LogP contribution in [0.25, 0.3) is 32.7 Å². The Bertz CT molecular complexity index is 1120. The minimum absolute atomic E-state index is 0.393. The third-order valence-corrected chi connectivity index (χ3v) is 5.96. The lowest BCUT2D eigenvalue weighted by atomic mass is 10.2. The number of benzene rings is 1. The van der Waals surface area contributed by atoms with Gasteiger partial charge in [0.2, 0.25) is 0 Å². The summed E-state index contributed by atoms with van der Waals surface area (Å²) in [5.41, 5.74) is 3.22. The van der Waals surface area contributed by atoms with Crippen LogP contribution in [-0.4, -0.2) is 21.2 Å². The van der Waals surface area contributed by atoms with Gasteiger partial charge in [0, 0.05) is 37.9 Å². The van der Waals surface area contributed by atoms with E-state index in [4.69, 9.17) is 9.72 Å². The molecule has 7 heteroatoms. The van der Waals surface area contributed by atoms with E-state index >= 15 is 0 Å². The number of ether oxygens (including phenoxy) is 1. The van der Waals surface area contributed by atoms with Gasteiger partial charge in [-0.2, -0.15) is 11.3 Å². The molecule has 0 aliphatic carbocycles. The fourth-order valence-corrected chi connectivity index (χ4v) is 4.64. The zero-order valence-electron chi connectivity index (χ0n) is 15.0. The smallest absolute Gasteiger partial charge is 0.419 e. The van der Waals surface area contributed by atoms with Crippen molar-refractivity contribution in [1.82, 2.24) is 9.55 Å². The lowest BCUT2D eigenvalue weighted by Crippen LogP contribution is -2.26. The molecule has 0 saturated heterocycles. The average molecular weight is 461 g/mol. The van der Waals surface area contributed by atoms with Gasteiger partial charge in [-0.05, 0) is 50.4 Å². The van der Waals surface area contributed by atoms with Crippen LogP contribution >= 0.6 is 38.6 Å². The Morgan fingerprint density at radius 2 is 2.04 bits per heavy atom. The summed E-state index contributed by atoms with van der Waals surface area (Å²) in [4.78, 5) is 17.5. The number of hydrogen-bond donors (Lipinski definition) is 0. The molecule has 0 radical (unpaired) electrons. The number of thiophene rings is 1. The molecule has 4 nitrogen and oxygen atoms in total. The van der Waals surface area contributed by atoms with Crippen molar-refractivity contribution in [2.75, 3.05) is 0 Å². The maximum Gasteiger partial charge on any atom is 0.419 e. The second-order valence-electron chi connectivity index (χ2n) is 7.10. The largest absolute Gasteiger partial charge is 0.443 e. The number of nitrogens with zero attached hydrogens (tertiary/aromatic N) is 2. The number of halogens is 1. The Balaban J connectivity index is 1.84. The first-order chi connectivity index (χ1) is 12.8. The van der Waals surface area contributed by atoms with Crippen molar-refractivity contribution < 1.29 is 9.53 Å². The highest BCUT2D eigenvalue weighted by Crippen LogP contribution is 2.36. The maximum absolute atomic E-state index is 12.7. The lowest BCUT2D eigenvalue weighted by Gasteiger charge is -2.19. The molecule has 0 aliphatic heterocycles. The standard InChI is InChI=1S/C20H17BrN2O2S2/c1-20(2,3)25-19(24)23-9-15(14-8-13(21)4-5-17(14)23)18-22-16(11-27-18)12-6-7-26-10-12/h4-11H,1-3H3. The second kappa shape index (κ2) is 6.89. The number of thiazole rings is 1. The van der Waals surface area contributed by atoms with Crippen molar-refractivity contribution >= 4 is 55.6 Å². The highest BCUT2D eigenvalue weighted by Gasteiger charge is 2.22. The van der Waals surface area contributed by atoms with Gasteiger partial charge < -0.3 is 4.74 Å². The molecule has 0 saturated carbocycles. The number of hydrogen-bond acceptors (Lipinski definition) is 5. The van der Waals surface area contributed by atoms with E-state index in [1.165, 1.54) is 0 Å². The number of carbonyl (C=O) groups is 1. The van der Waals surface area contributed by atoms with Gasteiger partial charge in [0.15, 0.2) is 0 Å². The minimum Gasteiger partial charge on any atom is -0.443 e. The van der Waals surface area contributed by atoms with E-state index in [0.717, 1.165) is 37.2 Å². The minimum atomic E-state index is -0.559. The molecule has 3 aromatic heterocycles. The van der Waals surface area contributed by atoms with Crippen LogP contribution in [0.15, 0.2) is 51.1 Å². The van der Waals surface area contributed by atoms with E-state index in [-0.39, 0.29) is 0 Å². The predicted molar refractivity (Wildman–Crippen MR) is 116 cm³/mol. The molecule has 0 N–H and O–H groups in total. The van der Waals surface area contributed by atoms with E-state index in [1.54, 1.807) is 27.2 Å². The number of aromatic nitrogens is 2. The Hall–Kier alpha value is -1.96. The molecule has 0 bridgehead atoms. The topological polar surface area (TPSA) is 44.1 Å². The summed E-state index contributed by atoms with van der Waals surface area (Å²) in [6.07, 6.45) is 1.43. The molecule has 0 amide bonds. The molecular formula is C20H17BrN2O2S2. The molecule has 0 unspecified atom stereocenters. The van der Waals surface area contributed by atoms with Crippen molar-refractivity contribution in [2.24, 2.45) is 0 Å². The van der Waals surface area contributed by atoms with Crippen LogP contribution in [0.4, 0.5) is 4.79 Å². The van der Waals surface area contributed by atoms with Gasteiger partial charge >= 0.3 is 6.09 Å². The van der Waals surface area contributed by atoms with Crippen molar-refractivity contribution in [3.8, 4) is 21.8 Å². The SMILES string of the molecule is CC(C)(C)OC(=O)n1cc(-c2nc(-c3ccsc3)cs2)c2cc(Br)ccc21. The van der Waals surface area contributed by atoms with Crippen LogP contribution in [-0.2, 0) is 4.74 Å². The van der Waals surface area contributed by atoms with Gasteiger partial charge in [0.25, 0.3) is 0 Å². The third-order valence-electron chi connectivity index (χ3n) is 3.91. The van der Waals surface area contributed by atoms with Gasteiger partial charge in [-0.1, -0.05) is 15.9 Å². The highest BCUT2D eigenvalue weighted by molar-refractivity contribution is 9.10. The van der Waals surface area contributed by atoms with E-state index in [2.05, 4.69) is 27.4 Å². The first-order valence-electron chi connectivity index (χ1n) is 8.34. The van der Waals surface area contributed by atoms with Crippen LogP contribution in [0.5, 0.6) is 0 Å². The third kappa shape index (κ3) is 3.72. The quantitative estimate of drug-likeness (QED) is 0.322. The Labute approximate surface area is 173 Å². The van der Waals surface area contributed by atoms with Crippen LogP contribution in [0.1, 0.15) is 20.8 Å². The first-order valence-corrected chi connectivity index (χ1v) is 11.0. The zero-order valence-corrected chi connectivity index (χ0v) is 18.2. The number of fused-ring (bicyclic) bond motifs is 1. The molecule has 0 aliphatic rings. The van der Waals surface area contributed by atoms with Crippen LogP contribution in [0.2, 0.25) is 0 Å². The van der Waals surface area contributed by atoms with Crippen molar-refractivity contribution in [3.63, 3.8) is 0 Å². The fraction of sp³-hybridized carbons (Fsp3) is 0.200. The first kappa shape index (κ1) is 18.4. The summed E-state index contributed by atoms with van der Waals surface area (Å²) in [5, 5.41) is 8.01. The van der Waals surface area contributed by atoms with Gasteiger partial charge in [-0.15, -0.1) is 11.3 Å². The predicted octanol–water partition coefficient (Wildman–Crippen LogP) is 7.04. The summed E-state index contributed by atoms with van der Waals surface area (Å²) >= 11 is 6.75. The van der Waals surface area contributed by atoms with E-state index in [0.29, 0.717) is 0 Å². The van der Waals surface area contributed by atoms with Gasteiger partial charge in [0.05, 0.1) is 11.2 Å². The molecule has 0 fully saturated rings. The number of carbonyl (C=O) groups excluding carboxylic acids is 1. The molecule has 1 aromatic carbocycles. The maximum atomic E-state index is 12.7. The summed E-state index contributed by atoms with van der Waals surface area (Å²) in [6, 6.07) is 7.91. The van der Waals surface area contributed by atoms with E-state index in [9.17, 15) is 4.79 Å². The van der Waals surface area contributed by atoms with E-state index < -0.39 is 11.7 Å². The van der Waals surface area contributed by atoms with Crippen molar-refractivity contribution in [2.45, 2.75) is 26.4 Å². The highest BCUT2D eigenvalue weighted by atomic mass is 79.9. The fourth-order valence-electron chi connectivity index (χ4n) is 2.78. The number of rotatable bonds is 2. The summed E-state index contributed by atoms with van der Waals surface area (Å²) < 4.78 is 8.09.